The minimum Gasteiger partial charge on any atom is -0.375 e. The van der Waals surface area contributed by atoms with Gasteiger partial charge in [-0.25, -0.2) is 0 Å². The molecule has 0 radical (unpaired) electrons. The molecule has 0 aliphatic carbocycles. The molecule has 4 nitrogen and oxygen atoms in total. The molecule has 2 heterocycles. The maximum Gasteiger partial charge on any atom is 0.225 e. The molecule has 2 aliphatic rings. The summed E-state index contributed by atoms with van der Waals surface area (Å²) in [5.41, 5.74) is 2.53. The van der Waals surface area contributed by atoms with E-state index in [1.807, 2.05) is 32.9 Å². The highest BCUT2D eigenvalue weighted by Crippen LogP contribution is 2.40. The fraction of sp³-hybridized carbons (Fsp3) is 0.594. The van der Waals surface area contributed by atoms with Crippen LogP contribution in [0.3, 0.4) is 0 Å². The summed E-state index contributed by atoms with van der Waals surface area (Å²) in [6.07, 6.45) is 7.17. The Bertz CT molecular complexity index is 1040. The molecule has 0 N–H and O–H groups in total. The summed E-state index contributed by atoms with van der Waals surface area (Å²) in [7, 11) is 0. The second kappa shape index (κ2) is 13.7. The molecule has 0 bridgehead atoms. The van der Waals surface area contributed by atoms with Gasteiger partial charge in [0, 0.05) is 18.5 Å². The minimum atomic E-state index is -0.120. The second-order valence-electron chi connectivity index (χ2n) is 11.8. The number of piperidine rings is 2. The summed E-state index contributed by atoms with van der Waals surface area (Å²) in [5, 5.41) is 1.17. The number of amides is 1. The van der Waals surface area contributed by atoms with E-state index in [1.54, 1.807) is 0 Å². The Morgan fingerprint density at radius 3 is 2.45 bits per heavy atom. The molecule has 4 rings (SSSR count). The molecule has 0 saturated carbocycles. The highest BCUT2D eigenvalue weighted by molar-refractivity contribution is 6.42. The van der Waals surface area contributed by atoms with Gasteiger partial charge in [0.25, 0.3) is 0 Å². The number of rotatable bonds is 10. The van der Waals surface area contributed by atoms with Crippen molar-refractivity contribution < 1.29 is 9.53 Å². The van der Waals surface area contributed by atoms with Gasteiger partial charge in [0.15, 0.2) is 0 Å². The van der Waals surface area contributed by atoms with Crippen molar-refractivity contribution in [2.75, 3.05) is 32.7 Å². The largest absolute Gasteiger partial charge is 0.375 e. The number of ether oxygens (including phenoxy) is 1. The van der Waals surface area contributed by atoms with E-state index in [0.717, 1.165) is 57.9 Å². The summed E-state index contributed by atoms with van der Waals surface area (Å²) < 4.78 is 5.86. The van der Waals surface area contributed by atoms with E-state index in [-0.39, 0.29) is 23.5 Å². The van der Waals surface area contributed by atoms with Gasteiger partial charge in [0.05, 0.1) is 28.7 Å². The summed E-state index contributed by atoms with van der Waals surface area (Å²) in [5.74, 6) is 0.944. The summed E-state index contributed by atoms with van der Waals surface area (Å²) in [6, 6.07) is 16.9. The third kappa shape index (κ3) is 7.97. The van der Waals surface area contributed by atoms with E-state index in [2.05, 4.69) is 46.2 Å². The van der Waals surface area contributed by atoms with Crippen LogP contribution in [0.2, 0.25) is 10.0 Å². The number of hydrogen-bond donors (Lipinski definition) is 0. The van der Waals surface area contributed by atoms with Crippen LogP contribution >= 0.6 is 23.2 Å². The summed E-state index contributed by atoms with van der Waals surface area (Å²) >= 11 is 12.8. The fourth-order valence-corrected chi connectivity index (χ4v) is 6.67. The summed E-state index contributed by atoms with van der Waals surface area (Å²) in [4.78, 5) is 18.0. The van der Waals surface area contributed by atoms with Crippen molar-refractivity contribution in [1.82, 2.24) is 9.80 Å². The van der Waals surface area contributed by atoms with Gasteiger partial charge < -0.3 is 14.5 Å². The molecule has 6 heteroatoms. The molecule has 2 saturated heterocycles. The first-order chi connectivity index (χ1) is 18.2. The molecule has 208 valence electrons. The fourth-order valence-electron chi connectivity index (χ4n) is 6.38. The summed E-state index contributed by atoms with van der Waals surface area (Å²) in [6.45, 7) is 10.9. The number of benzene rings is 2. The first-order valence-corrected chi connectivity index (χ1v) is 15.1. The van der Waals surface area contributed by atoms with Crippen molar-refractivity contribution >= 4 is 29.1 Å². The molecule has 2 unspecified atom stereocenters. The maximum absolute atomic E-state index is 13.3. The Morgan fingerprint density at radius 2 is 1.76 bits per heavy atom. The lowest BCUT2D eigenvalue weighted by Crippen LogP contribution is -2.50. The van der Waals surface area contributed by atoms with Crippen LogP contribution in [0.4, 0.5) is 0 Å². The molecule has 0 aromatic heterocycles. The van der Waals surface area contributed by atoms with E-state index in [9.17, 15) is 4.79 Å². The Balaban J connectivity index is 1.42. The van der Waals surface area contributed by atoms with E-state index in [1.165, 1.54) is 30.4 Å². The van der Waals surface area contributed by atoms with Crippen molar-refractivity contribution in [3.8, 4) is 0 Å². The number of carbonyl (C=O) groups is 1. The average Bonchev–Trinajstić information content (AvgIpc) is 2.90. The maximum atomic E-state index is 13.3. The third-order valence-corrected chi connectivity index (χ3v) is 9.15. The van der Waals surface area contributed by atoms with Crippen LogP contribution in [0.15, 0.2) is 48.5 Å². The van der Waals surface area contributed by atoms with Crippen molar-refractivity contribution in [2.24, 2.45) is 5.92 Å². The Hall–Kier alpha value is -1.59. The van der Waals surface area contributed by atoms with Gasteiger partial charge in [-0.15, -0.1) is 0 Å². The molecular weight excluding hydrogens is 515 g/mol. The lowest BCUT2D eigenvalue weighted by atomic mass is 9.71. The van der Waals surface area contributed by atoms with Gasteiger partial charge >= 0.3 is 0 Å². The Morgan fingerprint density at radius 1 is 1.03 bits per heavy atom. The molecular formula is C32H44Cl2N2O2. The van der Waals surface area contributed by atoms with E-state index in [4.69, 9.17) is 27.9 Å². The normalized spacial score (nSPS) is 22.1. The van der Waals surface area contributed by atoms with Crippen molar-refractivity contribution in [3.63, 3.8) is 0 Å². The van der Waals surface area contributed by atoms with Crippen LogP contribution in [0.1, 0.15) is 70.4 Å². The zero-order chi connectivity index (χ0) is 27.1. The van der Waals surface area contributed by atoms with Gasteiger partial charge in [-0.3, -0.25) is 4.79 Å². The third-order valence-electron chi connectivity index (χ3n) is 8.41. The molecule has 2 fully saturated rings. The number of hydrogen-bond acceptors (Lipinski definition) is 3. The Kier molecular flexibility index (Phi) is 10.6. The minimum absolute atomic E-state index is 0.0824. The molecule has 2 atom stereocenters. The van der Waals surface area contributed by atoms with Gasteiger partial charge in [-0.2, -0.15) is 0 Å². The predicted octanol–water partition coefficient (Wildman–Crippen LogP) is 7.40. The number of halogens is 2. The van der Waals surface area contributed by atoms with Crippen LogP contribution in [0, 0.1) is 5.92 Å². The molecule has 38 heavy (non-hydrogen) atoms. The molecule has 2 aromatic rings. The number of nitrogens with zero attached hydrogens (tertiary/aromatic N) is 2. The van der Waals surface area contributed by atoms with Gasteiger partial charge in [-0.05, 0) is 108 Å². The Labute approximate surface area is 239 Å². The van der Waals surface area contributed by atoms with Gasteiger partial charge in [0.2, 0.25) is 5.91 Å². The van der Waals surface area contributed by atoms with Crippen molar-refractivity contribution in [3.05, 3.63) is 69.7 Å². The quantitative estimate of drug-likeness (QED) is 0.304. The SMILES string of the molecule is CC(C)OC(C)CC(=O)N1CCCC(CCN2CCC(Cc3ccccc3)CC2)(c2ccc(Cl)c(Cl)c2)C1. The molecule has 2 aliphatic heterocycles. The van der Waals surface area contributed by atoms with Crippen LogP contribution in [0.5, 0.6) is 0 Å². The second-order valence-corrected chi connectivity index (χ2v) is 12.6. The van der Waals surface area contributed by atoms with Crippen LogP contribution in [0.25, 0.3) is 0 Å². The predicted molar refractivity (Wildman–Crippen MR) is 158 cm³/mol. The van der Waals surface area contributed by atoms with E-state index < -0.39 is 0 Å². The monoisotopic (exact) mass is 558 g/mol. The first kappa shape index (κ1) is 29.4. The molecule has 0 spiro atoms. The van der Waals surface area contributed by atoms with Gasteiger partial charge in [0.1, 0.15) is 0 Å². The zero-order valence-corrected chi connectivity index (χ0v) is 24.8. The van der Waals surface area contributed by atoms with E-state index >= 15 is 0 Å². The average molecular weight is 560 g/mol. The van der Waals surface area contributed by atoms with Crippen molar-refractivity contribution in [2.45, 2.75) is 83.3 Å². The number of likely N-dealkylation sites (tertiary alicyclic amines) is 2. The van der Waals surface area contributed by atoms with Crippen LogP contribution < -0.4 is 0 Å². The number of carbonyl (C=O) groups excluding carboxylic acids is 1. The highest BCUT2D eigenvalue weighted by atomic mass is 35.5. The smallest absolute Gasteiger partial charge is 0.225 e. The van der Waals surface area contributed by atoms with Crippen LogP contribution in [-0.4, -0.2) is 60.6 Å². The van der Waals surface area contributed by atoms with Crippen LogP contribution in [-0.2, 0) is 21.4 Å². The molecule has 2 aromatic carbocycles. The standard InChI is InChI=1S/C32H44Cl2N2O2/c1-24(2)38-25(3)20-31(37)36-16-7-14-32(23-36,28-10-11-29(33)30(34)22-28)15-19-35-17-12-27(13-18-35)21-26-8-5-4-6-9-26/h4-6,8-11,22,24-25,27H,7,12-21,23H2,1-3H3. The lowest BCUT2D eigenvalue weighted by Gasteiger charge is -2.45. The lowest BCUT2D eigenvalue weighted by molar-refractivity contribution is -0.137. The van der Waals surface area contributed by atoms with E-state index in [0.29, 0.717) is 16.5 Å². The molecule has 1 amide bonds. The first-order valence-electron chi connectivity index (χ1n) is 14.4. The topological polar surface area (TPSA) is 32.8 Å². The van der Waals surface area contributed by atoms with Crippen molar-refractivity contribution in [1.29, 1.82) is 0 Å². The zero-order valence-electron chi connectivity index (χ0n) is 23.3. The van der Waals surface area contributed by atoms with Gasteiger partial charge in [-0.1, -0.05) is 59.6 Å². The highest BCUT2D eigenvalue weighted by Gasteiger charge is 2.39.